The van der Waals surface area contributed by atoms with Crippen molar-refractivity contribution in [3.05, 3.63) is 0 Å². The number of aliphatic hydroxyl groups excluding tert-OH is 1. The summed E-state index contributed by atoms with van der Waals surface area (Å²) in [6, 6.07) is 0. The Morgan fingerprint density at radius 1 is 1.60 bits per heavy atom. The molecule has 0 radical (unpaired) electrons. The fourth-order valence-electron chi connectivity index (χ4n) is 0. The lowest BCUT2D eigenvalue weighted by Gasteiger charge is -1.96. The first-order chi connectivity index (χ1) is 2.27. The van der Waals surface area contributed by atoms with Crippen LogP contribution in [0.1, 0.15) is 0 Å². The first-order valence-corrected chi connectivity index (χ1v) is 1.67. The Hall–Kier alpha value is -0.0800. The average molecular weight is 76.1 g/mol. The Bertz CT molecular complexity index is 20.9. The van der Waals surface area contributed by atoms with E-state index in [1.165, 1.54) is 0 Å². The Morgan fingerprint density at radius 3 is 1.80 bits per heavy atom. The van der Waals surface area contributed by atoms with Crippen LogP contribution in [-0.4, -0.2) is 25.9 Å². The van der Waals surface area contributed by atoms with Crippen LogP contribution in [0.5, 0.6) is 0 Å². The maximum Gasteiger partial charge on any atom is 0.178 e. The summed E-state index contributed by atoms with van der Waals surface area (Å²) < 4.78 is 0. The van der Waals surface area contributed by atoms with Crippen molar-refractivity contribution in [2.24, 2.45) is 0 Å². The van der Waals surface area contributed by atoms with Crippen molar-refractivity contribution < 1.29 is 10.0 Å². The third-order valence-corrected chi connectivity index (χ3v) is 0.316. The molecule has 5 heavy (non-hydrogen) atoms. The average Bonchev–Trinajstić information content (AvgIpc) is 1.38. The van der Waals surface area contributed by atoms with Gasteiger partial charge >= 0.3 is 0 Å². The standard InChI is InChI=1S/C3H9NO/c1-4(2)3-5/h5H,3H2,1-2H3/p+1. The number of hydrogen-bond donors (Lipinski definition) is 2. The Kier molecular flexibility index (Phi) is 2.14. The molecule has 0 saturated carbocycles. The van der Waals surface area contributed by atoms with Gasteiger partial charge in [-0.3, -0.25) is 0 Å². The summed E-state index contributed by atoms with van der Waals surface area (Å²) in [5, 5.41) is 8.11. The van der Waals surface area contributed by atoms with Gasteiger partial charge in [0.2, 0.25) is 0 Å². The van der Waals surface area contributed by atoms with Crippen molar-refractivity contribution in [3.8, 4) is 0 Å². The molecule has 2 nitrogen and oxygen atoms in total. The summed E-state index contributed by atoms with van der Waals surface area (Å²) in [4.78, 5) is 1.06. The molecule has 0 fully saturated rings. The van der Waals surface area contributed by atoms with E-state index in [1.54, 1.807) is 0 Å². The second-order valence-corrected chi connectivity index (χ2v) is 1.37. The molecule has 0 aliphatic heterocycles. The third-order valence-electron chi connectivity index (χ3n) is 0.316. The van der Waals surface area contributed by atoms with Crippen LogP contribution >= 0.6 is 0 Å². The molecule has 0 aromatic carbocycles. The van der Waals surface area contributed by atoms with Crippen LogP contribution in [0.4, 0.5) is 0 Å². The molecule has 0 heterocycles. The molecule has 0 aromatic rings. The van der Waals surface area contributed by atoms with Crippen molar-refractivity contribution >= 4 is 0 Å². The summed E-state index contributed by atoms with van der Waals surface area (Å²) in [5.41, 5.74) is 0. The summed E-state index contributed by atoms with van der Waals surface area (Å²) >= 11 is 0. The normalized spacial score (nSPS) is 9.60. The molecule has 0 amide bonds. The number of quaternary nitrogens is 1. The second kappa shape index (κ2) is 2.18. The molecule has 0 aliphatic rings. The fourth-order valence-corrected chi connectivity index (χ4v) is 0. The highest BCUT2D eigenvalue weighted by molar-refractivity contribution is 3.71. The third kappa shape index (κ3) is 3.92. The van der Waals surface area contributed by atoms with Gasteiger partial charge in [0, 0.05) is 0 Å². The molecular formula is C3H10NO+. The van der Waals surface area contributed by atoms with Gasteiger partial charge in [-0.05, 0) is 0 Å². The van der Waals surface area contributed by atoms with Gasteiger partial charge in [0.15, 0.2) is 6.73 Å². The fraction of sp³-hybridized carbons (Fsp3) is 1.00. The summed E-state index contributed by atoms with van der Waals surface area (Å²) in [7, 11) is 3.78. The van der Waals surface area contributed by atoms with E-state index in [1.807, 2.05) is 14.1 Å². The quantitative estimate of drug-likeness (QED) is 0.350. The predicted molar refractivity (Wildman–Crippen MR) is 19.9 cm³/mol. The first kappa shape index (κ1) is 4.92. The minimum Gasteiger partial charge on any atom is -0.347 e. The van der Waals surface area contributed by atoms with Crippen molar-refractivity contribution in [2.75, 3.05) is 20.8 Å². The Labute approximate surface area is 32.0 Å². The van der Waals surface area contributed by atoms with Gasteiger partial charge in [0.25, 0.3) is 0 Å². The highest BCUT2D eigenvalue weighted by Crippen LogP contribution is 1.13. The van der Waals surface area contributed by atoms with Crippen molar-refractivity contribution in [1.29, 1.82) is 0 Å². The molecule has 0 atom stereocenters. The summed E-state index contributed by atoms with van der Waals surface area (Å²) in [6.07, 6.45) is 0. The molecule has 2 heteroatoms. The molecule has 0 aliphatic carbocycles. The van der Waals surface area contributed by atoms with E-state index in [2.05, 4.69) is 0 Å². The largest absolute Gasteiger partial charge is 0.347 e. The van der Waals surface area contributed by atoms with E-state index in [9.17, 15) is 0 Å². The van der Waals surface area contributed by atoms with Gasteiger partial charge < -0.3 is 10.0 Å². The topological polar surface area (TPSA) is 24.7 Å². The maximum atomic E-state index is 8.11. The smallest absolute Gasteiger partial charge is 0.178 e. The van der Waals surface area contributed by atoms with Gasteiger partial charge in [0.1, 0.15) is 0 Å². The predicted octanol–water partition coefficient (Wildman–Crippen LogP) is -1.92. The minimum atomic E-state index is 0.222. The highest BCUT2D eigenvalue weighted by atomic mass is 16.3. The molecule has 0 aromatic heterocycles. The maximum absolute atomic E-state index is 8.11. The molecule has 2 N–H and O–H groups in total. The van der Waals surface area contributed by atoms with Crippen LogP contribution in [0.3, 0.4) is 0 Å². The van der Waals surface area contributed by atoms with Crippen LogP contribution < -0.4 is 4.90 Å². The van der Waals surface area contributed by atoms with Crippen LogP contribution in [0.15, 0.2) is 0 Å². The van der Waals surface area contributed by atoms with Gasteiger partial charge in [-0.25, -0.2) is 0 Å². The number of nitrogens with one attached hydrogen (secondary N) is 1. The lowest BCUT2D eigenvalue weighted by molar-refractivity contribution is -0.879. The Morgan fingerprint density at radius 2 is 1.80 bits per heavy atom. The zero-order valence-corrected chi connectivity index (χ0v) is 3.65. The number of hydrogen-bond acceptors (Lipinski definition) is 1. The van der Waals surface area contributed by atoms with E-state index in [0.29, 0.717) is 0 Å². The number of aliphatic hydroxyl groups is 1. The van der Waals surface area contributed by atoms with Crippen LogP contribution in [0.25, 0.3) is 0 Å². The van der Waals surface area contributed by atoms with E-state index in [4.69, 9.17) is 5.11 Å². The minimum absolute atomic E-state index is 0.222. The van der Waals surface area contributed by atoms with Gasteiger partial charge in [-0.1, -0.05) is 0 Å². The highest BCUT2D eigenvalue weighted by Gasteiger charge is 1.76. The number of rotatable bonds is 1. The molecular weight excluding hydrogens is 66.0 g/mol. The Balaban J connectivity index is 2.54. The first-order valence-electron chi connectivity index (χ1n) is 1.67. The molecule has 0 spiro atoms. The van der Waals surface area contributed by atoms with Crippen molar-refractivity contribution in [1.82, 2.24) is 0 Å². The van der Waals surface area contributed by atoms with E-state index in [0.717, 1.165) is 4.90 Å². The second-order valence-electron chi connectivity index (χ2n) is 1.37. The van der Waals surface area contributed by atoms with Crippen LogP contribution in [0.2, 0.25) is 0 Å². The van der Waals surface area contributed by atoms with Crippen LogP contribution in [0, 0.1) is 0 Å². The zero-order chi connectivity index (χ0) is 4.28. The van der Waals surface area contributed by atoms with Gasteiger partial charge in [-0.2, -0.15) is 0 Å². The monoisotopic (exact) mass is 76.1 g/mol. The lowest BCUT2D eigenvalue weighted by atomic mass is 11.0. The SMILES string of the molecule is C[NH+](C)CO. The summed E-state index contributed by atoms with van der Waals surface area (Å²) in [5.74, 6) is 0. The molecule has 0 rings (SSSR count). The van der Waals surface area contributed by atoms with Crippen LogP contribution in [-0.2, 0) is 0 Å². The van der Waals surface area contributed by atoms with E-state index in [-0.39, 0.29) is 6.73 Å². The molecule has 0 saturated heterocycles. The molecule has 0 unspecified atom stereocenters. The van der Waals surface area contributed by atoms with E-state index >= 15 is 0 Å². The van der Waals surface area contributed by atoms with Crippen molar-refractivity contribution in [3.63, 3.8) is 0 Å². The molecule has 0 bridgehead atoms. The summed E-state index contributed by atoms with van der Waals surface area (Å²) in [6.45, 7) is 0.222. The molecule has 32 valence electrons. The zero-order valence-electron chi connectivity index (χ0n) is 3.65. The van der Waals surface area contributed by atoms with Gasteiger partial charge in [0.05, 0.1) is 14.1 Å². The van der Waals surface area contributed by atoms with E-state index < -0.39 is 0 Å². The lowest BCUT2D eigenvalue weighted by Crippen LogP contribution is -3.05. The van der Waals surface area contributed by atoms with Gasteiger partial charge in [-0.15, -0.1) is 0 Å². The van der Waals surface area contributed by atoms with Crippen molar-refractivity contribution in [2.45, 2.75) is 0 Å².